The second-order valence-corrected chi connectivity index (χ2v) is 3.43. The maximum atomic E-state index is 10.5. The standard InChI is InChI=1S/C7H5BrClNO3/c1-13-6-3-4(9)2-5(7(6)8)10(11)12/h2-3H,1H3. The highest BCUT2D eigenvalue weighted by atomic mass is 79.9. The van der Waals surface area contributed by atoms with Crippen LogP contribution in [0.4, 0.5) is 5.69 Å². The number of hydrogen-bond donors (Lipinski definition) is 0. The fraction of sp³-hybridized carbons (Fsp3) is 0.143. The molecule has 0 spiro atoms. The summed E-state index contributed by atoms with van der Waals surface area (Å²) in [4.78, 5) is 9.97. The predicted molar refractivity (Wildman–Crippen MR) is 52.4 cm³/mol. The van der Waals surface area contributed by atoms with Gasteiger partial charge in [0, 0.05) is 12.1 Å². The van der Waals surface area contributed by atoms with E-state index in [0.717, 1.165) is 0 Å². The molecule has 0 fully saturated rings. The fourth-order valence-corrected chi connectivity index (χ4v) is 1.57. The molecule has 0 aliphatic heterocycles. The summed E-state index contributed by atoms with van der Waals surface area (Å²) in [5, 5.41) is 10.8. The molecule has 0 saturated heterocycles. The number of nitro groups is 1. The SMILES string of the molecule is COc1cc(Cl)cc([N+](=O)[O-])c1Br. The number of nitro benzene ring substituents is 1. The Morgan fingerprint density at radius 3 is 2.69 bits per heavy atom. The number of rotatable bonds is 2. The molecule has 0 bridgehead atoms. The minimum atomic E-state index is -0.529. The van der Waals surface area contributed by atoms with E-state index in [1.54, 1.807) is 0 Å². The molecule has 0 aromatic heterocycles. The zero-order valence-electron chi connectivity index (χ0n) is 6.58. The third-order valence-corrected chi connectivity index (χ3v) is 2.42. The lowest BCUT2D eigenvalue weighted by molar-refractivity contribution is -0.385. The molecule has 4 nitrogen and oxygen atoms in total. The summed E-state index contributed by atoms with van der Waals surface area (Å²) >= 11 is 8.69. The van der Waals surface area contributed by atoms with E-state index in [1.165, 1.54) is 19.2 Å². The van der Waals surface area contributed by atoms with Gasteiger partial charge in [-0.15, -0.1) is 0 Å². The molecule has 70 valence electrons. The summed E-state index contributed by atoms with van der Waals surface area (Å²) in [6.07, 6.45) is 0. The Morgan fingerprint density at radius 1 is 1.62 bits per heavy atom. The van der Waals surface area contributed by atoms with Crippen molar-refractivity contribution in [2.45, 2.75) is 0 Å². The summed E-state index contributed by atoms with van der Waals surface area (Å²) in [6, 6.07) is 2.76. The second-order valence-electron chi connectivity index (χ2n) is 2.20. The Morgan fingerprint density at radius 2 is 2.23 bits per heavy atom. The van der Waals surface area contributed by atoms with Crippen LogP contribution < -0.4 is 4.74 Å². The van der Waals surface area contributed by atoms with E-state index in [9.17, 15) is 10.1 Å². The van der Waals surface area contributed by atoms with Crippen LogP contribution in [0, 0.1) is 10.1 Å². The maximum Gasteiger partial charge on any atom is 0.288 e. The molecule has 6 heteroatoms. The largest absolute Gasteiger partial charge is 0.495 e. The van der Waals surface area contributed by atoms with Crippen molar-refractivity contribution in [1.82, 2.24) is 0 Å². The van der Waals surface area contributed by atoms with Gasteiger partial charge in [0.25, 0.3) is 5.69 Å². The summed E-state index contributed by atoms with van der Waals surface area (Å²) in [5.41, 5.74) is -0.107. The Kier molecular flexibility index (Phi) is 3.11. The second kappa shape index (κ2) is 3.93. The highest BCUT2D eigenvalue weighted by molar-refractivity contribution is 9.10. The lowest BCUT2D eigenvalue weighted by Gasteiger charge is -2.03. The first-order chi connectivity index (χ1) is 6.06. The van der Waals surface area contributed by atoms with E-state index in [4.69, 9.17) is 16.3 Å². The fourth-order valence-electron chi connectivity index (χ4n) is 0.832. The number of benzene rings is 1. The van der Waals surface area contributed by atoms with Crippen LogP contribution in [-0.2, 0) is 0 Å². The minimum absolute atomic E-state index is 0.107. The number of methoxy groups -OCH3 is 1. The van der Waals surface area contributed by atoms with E-state index >= 15 is 0 Å². The molecule has 1 aromatic carbocycles. The van der Waals surface area contributed by atoms with Gasteiger partial charge in [-0.3, -0.25) is 10.1 Å². The molecule has 0 aliphatic carbocycles. The van der Waals surface area contributed by atoms with Crippen molar-refractivity contribution in [3.05, 3.63) is 31.7 Å². The number of nitrogens with zero attached hydrogens (tertiary/aromatic N) is 1. The van der Waals surface area contributed by atoms with Crippen LogP contribution in [0.2, 0.25) is 5.02 Å². The molecular weight excluding hydrogens is 261 g/mol. The van der Waals surface area contributed by atoms with E-state index in [1.807, 2.05) is 0 Å². The number of halogens is 2. The Balaban J connectivity index is 3.35. The van der Waals surface area contributed by atoms with E-state index in [2.05, 4.69) is 15.9 Å². The van der Waals surface area contributed by atoms with Crippen molar-refractivity contribution in [2.24, 2.45) is 0 Å². The quantitative estimate of drug-likeness (QED) is 0.611. The van der Waals surface area contributed by atoms with Crippen molar-refractivity contribution in [3.63, 3.8) is 0 Å². The van der Waals surface area contributed by atoms with Gasteiger partial charge in [0.2, 0.25) is 0 Å². The van der Waals surface area contributed by atoms with E-state index < -0.39 is 4.92 Å². The van der Waals surface area contributed by atoms with Gasteiger partial charge in [-0.25, -0.2) is 0 Å². The van der Waals surface area contributed by atoms with Gasteiger partial charge in [-0.2, -0.15) is 0 Å². The van der Waals surface area contributed by atoms with Crippen LogP contribution in [0.3, 0.4) is 0 Å². The molecule has 0 N–H and O–H groups in total. The summed E-state index contributed by atoms with van der Waals surface area (Å²) in [6.45, 7) is 0. The summed E-state index contributed by atoms with van der Waals surface area (Å²) in [5.74, 6) is 0.346. The van der Waals surface area contributed by atoms with Crippen LogP contribution in [0.15, 0.2) is 16.6 Å². The maximum absolute atomic E-state index is 10.5. The van der Waals surface area contributed by atoms with Crippen LogP contribution in [0.25, 0.3) is 0 Å². The first-order valence-electron chi connectivity index (χ1n) is 3.23. The van der Waals surface area contributed by atoms with Crippen LogP contribution >= 0.6 is 27.5 Å². The summed E-state index contributed by atoms with van der Waals surface area (Å²) < 4.78 is 5.18. The first kappa shape index (κ1) is 10.3. The van der Waals surface area contributed by atoms with Crippen molar-refractivity contribution in [2.75, 3.05) is 7.11 Å². The van der Waals surface area contributed by atoms with Gasteiger partial charge >= 0.3 is 0 Å². The minimum Gasteiger partial charge on any atom is -0.495 e. The molecule has 0 aliphatic rings. The highest BCUT2D eigenvalue weighted by Crippen LogP contribution is 2.36. The Bertz CT molecular complexity index is 356. The molecular formula is C7H5BrClNO3. The molecule has 1 rings (SSSR count). The van der Waals surface area contributed by atoms with Crippen molar-refractivity contribution < 1.29 is 9.66 Å². The molecule has 1 aromatic rings. The monoisotopic (exact) mass is 265 g/mol. The van der Waals surface area contributed by atoms with Crippen LogP contribution in [0.1, 0.15) is 0 Å². The van der Waals surface area contributed by atoms with Crippen LogP contribution in [0.5, 0.6) is 5.75 Å². The molecule has 0 heterocycles. The van der Waals surface area contributed by atoms with Crippen molar-refractivity contribution in [3.8, 4) is 5.75 Å². The lowest BCUT2D eigenvalue weighted by atomic mass is 10.3. The topological polar surface area (TPSA) is 52.4 Å². The molecule has 0 amide bonds. The van der Waals surface area contributed by atoms with Gasteiger partial charge in [-0.1, -0.05) is 11.6 Å². The van der Waals surface area contributed by atoms with Gasteiger partial charge < -0.3 is 4.74 Å². The Hall–Kier alpha value is -0.810. The molecule has 0 atom stereocenters. The zero-order valence-corrected chi connectivity index (χ0v) is 8.92. The highest BCUT2D eigenvalue weighted by Gasteiger charge is 2.17. The molecule has 0 radical (unpaired) electrons. The van der Waals surface area contributed by atoms with Gasteiger partial charge in [0.15, 0.2) is 0 Å². The van der Waals surface area contributed by atoms with Crippen molar-refractivity contribution in [1.29, 1.82) is 0 Å². The number of ether oxygens (including phenoxy) is 1. The zero-order chi connectivity index (χ0) is 10.0. The first-order valence-corrected chi connectivity index (χ1v) is 4.40. The summed E-state index contributed by atoms with van der Waals surface area (Å²) in [7, 11) is 1.42. The predicted octanol–water partition coefficient (Wildman–Crippen LogP) is 3.02. The number of hydrogen-bond acceptors (Lipinski definition) is 3. The van der Waals surface area contributed by atoms with E-state index in [-0.39, 0.29) is 10.7 Å². The molecule has 13 heavy (non-hydrogen) atoms. The average molecular weight is 266 g/mol. The third kappa shape index (κ3) is 2.10. The van der Waals surface area contributed by atoms with Crippen LogP contribution in [-0.4, -0.2) is 12.0 Å². The Labute approximate surface area is 87.7 Å². The van der Waals surface area contributed by atoms with Crippen molar-refractivity contribution >= 4 is 33.2 Å². The lowest BCUT2D eigenvalue weighted by Crippen LogP contribution is -1.92. The van der Waals surface area contributed by atoms with Gasteiger partial charge in [-0.05, 0) is 15.9 Å². The average Bonchev–Trinajstić information content (AvgIpc) is 2.08. The van der Waals surface area contributed by atoms with Gasteiger partial charge in [0.05, 0.1) is 17.1 Å². The molecule has 0 saturated carbocycles. The van der Waals surface area contributed by atoms with Gasteiger partial charge in [0.1, 0.15) is 10.2 Å². The van der Waals surface area contributed by atoms with E-state index in [0.29, 0.717) is 10.2 Å². The third-order valence-electron chi connectivity index (χ3n) is 1.40. The smallest absolute Gasteiger partial charge is 0.288 e. The molecule has 0 unspecified atom stereocenters. The normalized spacial score (nSPS) is 9.77.